The van der Waals surface area contributed by atoms with Crippen molar-refractivity contribution in [2.24, 2.45) is 10.2 Å². The Morgan fingerprint density at radius 1 is 1.24 bits per heavy atom. The molecule has 1 N–H and O–H groups in total. The first-order chi connectivity index (χ1) is 12.0. The molecule has 0 saturated heterocycles. The number of imidazole rings is 1. The van der Waals surface area contributed by atoms with Gasteiger partial charge < -0.3 is 9.88 Å². The number of azo groups is 1. The summed E-state index contributed by atoms with van der Waals surface area (Å²) in [7, 11) is -2.80. The molecule has 0 aliphatic carbocycles. The third-order valence-corrected chi connectivity index (χ3v) is 4.21. The summed E-state index contributed by atoms with van der Waals surface area (Å²) < 4.78 is 31.1. The molecular formula is C15H21N5O4S. The molecule has 136 valence electrons. The van der Waals surface area contributed by atoms with Crippen molar-refractivity contribution in [1.82, 2.24) is 9.97 Å². The number of aromatic amines is 1. The molecule has 0 amide bonds. The van der Waals surface area contributed by atoms with Crippen molar-refractivity contribution in [2.75, 3.05) is 31.7 Å². The number of nitrogens with zero attached hydrogens (tertiary/aromatic N) is 4. The van der Waals surface area contributed by atoms with Gasteiger partial charge in [-0.1, -0.05) is 0 Å². The molecule has 0 atom stereocenters. The third kappa shape index (κ3) is 6.25. The van der Waals surface area contributed by atoms with Crippen LogP contribution in [-0.4, -0.2) is 45.2 Å². The van der Waals surface area contributed by atoms with Gasteiger partial charge in [-0.3, -0.25) is 4.18 Å². The van der Waals surface area contributed by atoms with Gasteiger partial charge in [-0.25, -0.2) is 9.17 Å². The molecular weight excluding hydrogens is 346 g/mol. The highest BCUT2D eigenvalue weighted by atomic mass is 32.3. The second-order valence-corrected chi connectivity index (χ2v) is 6.34. The highest BCUT2D eigenvalue weighted by molar-refractivity contribution is 7.81. The number of anilines is 1. The van der Waals surface area contributed by atoms with Gasteiger partial charge in [0.15, 0.2) is 0 Å². The van der Waals surface area contributed by atoms with Crippen molar-refractivity contribution in [3.8, 4) is 0 Å². The van der Waals surface area contributed by atoms with Gasteiger partial charge in [0.2, 0.25) is 5.95 Å². The number of nitrogens with one attached hydrogen (secondary N) is 1. The molecule has 0 unspecified atom stereocenters. The quantitative estimate of drug-likeness (QED) is 0.511. The largest absolute Gasteiger partial charge is 0.399 e. The summed E-state index contributed by atoms with van der Waals surface area (Å²) in [6, 6.07) is 7.59. The van der Waals surface area contributed by atoms with E-state index in [4.69, 9.17) is 0 Å². The summed E-state index contributed by atoms with van der Waals surface area (Å²) in [5.41, 5.74) is 1.72. The van der Waals surface area contributed by atoms with Crippen LogP contribution in [0.1, 0.15) is 13.3 Å². The van der Waals surface area contributed by atoms with Crippen LogP contribution >= 0.6 is 0 Å². The fourth-order valence-electron chi connectivity index (χ4n) is 2.08. The summed E-state index contributed by atoms with van der Waals surface area (Å²) in [6.07, 6.45) is 3.84. The molecule has 10 heteroatoms. The minimum Gasteiger partial charge on any atom is -0.372 e. The van der Waals surface area contributed by atoms with Gasteiger partial charge in [0.1, 0.15) is 0 Å². The van der Waals surface area contributed by atoms with Crippen molar-refractivity contribution in [3.05, 3.63) is 36.7 Å². The molecule has 2 aromatic rings. The van der Waals surface area contributed by atoms with Crippen LogP contribution in [0, 0.1) is 0 Å². The lowest BCUT2D eigenvalue weighted by Gasteiger charge is -2.23. The van der Waals surface area contributed by atoms with Crippen LogP contribution < -0.4 is 4.90 Å². The van der Waals surface area contributed by atoms with Crippen molar-refractivity contribution in [1.29, 1.82) is 0 Å². The molecule has 2 rings (SSSR count). The van der Waals surface area contributed by atoms with Crippen molar-refractivity contribution in [2.45, 2.75) is 13.3 Å². The van der Waals surface area contributed by atoms with E-state index in [1.165, 1.54) is 0 Å². The molecule has 1 aromatic carbocycles. The maximum Gasteiger partial charge on any atom is 0.399 e. The minimum absolute atomic E-state index is 0.0715. The molecule has 25 heavy (non-hydrogen) atoms. The van der Waals surface area contributed by atoms with Gasteiger partial charge in [-0.05, 0) is 37.6 Å². The molecule has 1 aromatic heterocycles. The van der Waals surface area contributed by atoms with Crippen LogP contribution in [0.15, 0.2) is 46.9 Å². The van der Waals surface area contributed by atoms with Crippen molar-refractivity contribution in [3.63, 3.8) is 0 Å². The van der Waals surface area contributed by atoms with E-state index in [-0.39, 0.29) is 6.61 Å². The molecule has 9 nitrogen and oxygen atoms in total. The van der Waals surface area contributed by atoms with E-state index < -0.39 is 10.4 Å². The van der Waals surface area contributed by atoms with Crippen LogP contribution in [0.5, 0.6) is 0 Å². The minimum atomic E-state index is -3.87. The summed E-state index contributed by atoms with van der Waals surface area (Å²) in [4.78, 5) is 8.92. The van der Waals surface area contributed by atoms with E-state index >= 15 is 0 Å². The van der Waals surface area contributed by atoms with Crippen LogP contribution in [0.25, 0.3) is 0 Å². The first-order valence-corrected chi connectivity index (χ1v) is 9.08. The molecule has 0 spiro atoms. The van der Waals surface area contributed by atoms with Gasteiger partial charge in [-0.2, -0.15) is 8.42 Å². The average molecular weight is 367 g/mol. The van der Waals surface area contributed by atoms with Crippen molar-refractivity contribution >= 4 is 27.7 Å². The lowest BCUT2D eigenvalue weighted by molar-refractivity contribution is 0.241. The van der Waals surface area contributed by atoms with Crippen LogP contribution in [0.2, 0.25) is 0 Å². The van der Waals surface area contributed by atoms with Gasteiger partial charge >= 0.3 is 10.4 Å². The summed E-state index contributed by atoms with van der Waals surface area (Å²) in [5, 5.41) is 8.08. The van der Waals surface area contributed by atoms with Crippen LogP contribution in [0.3, 0.4) is 0 Å². The number of benzene rings is 1. The Bertz CT molecular complexity index is 760. The fourth-order valence-corrected chi connectivity index (χ4v) is 2.50. The van der Waals surface area contributed by atoms with E-state index in [9.17, 15) is 8.42 Å². The van der Waals surface area contributed by atoms with Crippen molar-refractivity contribution < 1.29 is 16.8 Å². The lowest BCUT2D eigenvalue weighted by Crippen LogP contribution is -2.25. The zero-order valence-electron chi connectivity index (χ0n) is 14.1. The van der Waals surface area contributed by atoms with E-state index in [0.29, 0.717) is 24.6 Å². The first-order valence-electron chi connectivity index (χ1n) is 7.75. The molecule has 0 aliphatic rings. The van der Waals surface area contributed by atoms with Gasteiger partial charge in [0, 0.05) is 31.2 Å². The SMILES string of the molecule is CCN(CCCOS(=O)(=O)OC)c1ccc(N=Nc2ncc[nH]2)cc1. The molecule has 0 saturated carbocycles. The predicted octanol–water partition coefficient (Wildman–Crippen LogP) is 2.95. The molecule has 0 fully saturated rings. The predicted molar refractivity (Wildman–Crippen MR) is 93.6 cm³/mol. The Balaban J connectivity index is 1.87. The summed E-state index contributed by atoms with van der Waals surface area (Å²) in [5.74, 6) is 0.449. The molecule has 0 aliphatic heterocycles. The van der Waals surface area contributed by atoms with Gasteiger partial charge in [0.25, 0.3) is 0 Å². The normalized spacial score (nSPS) is 11.9. The maximum absolute atomic E-state index is 11.1. The fraction of sp³-hybridized carbons (Fsp3) is 0.400. The van der Waals surface area contributed by atoms with Gasteiger partial charge in [0.05, 0.1) is 19.4 Å². The van der Waals surface area contributed by atoms with E-state index in [1.54, 1.807) is 12.4 Å². The summed E-state index contributed by atoms with van der Waals surface area (Å²) >= 11 is 0. The highest BCUT2D eigenvalue weighted by Crippen LogP contribution is 2.21. The Morgan fingerprint density at radius 3 is 2.60 bits per heavy atom. The second kappa shape index (κ2) is 9.25. The second-order valence-electron chi connectivity index (χ2n) is 4.96. The smallest absolute Gasteiger partial charge is 0.372 e. The van der Waals surface area contributed by atoms with Crippen LogP contribution in [0.4, 0.5) is 17.3 Å². The number of hydrogen-bond donors (Lipinski definition) is 1. The zero-order valence-corrected chi connectivity index (χ0v) is 14.9. The third-order valence-electron chi connectivity index (χ3n) is 3.34. The maximum atomic E-state index is 11.1. The number of aromatic nitrogens is 2. The standard InChI is InChI=1S/C15H21N5O4S/c1-3-20(11-4-12-24-25(21,22)23-2)14-7-5-13(6-8-14)18-19-15-16-9-10-17-15/h5-10H,3-4,11-12H2,1-2H3,(H,16,17). The van der Waals surface area contributed by atoms with E-state index in [2.05, 4.69) is 33.5 Å². The van der Waals surface area contributed by atoms with E-state index in [0.717, 1.165) is 19.3 Å². The number of H-pyrrole nitrogens is 1. The van der Waals surface area contributed by atoms with Gasteiger partial charge in [-0.15, -0.1) is 10.2 Å². The Kier molecular flexibility index (Phi) is 7.04. The monoisotopic (exact) mass is 367 g/mol. The molecule has 1 heterocycles. The average Bonchev–Trinajstić information content (AvgIpc) is 3.14. The first kappa shape index (κ1) is 19.0. The highest BCUT2D eigenvalue weighted by Gasteiger charge is 2.09. The topological polar surface area (TPSA) is 109 Å². The number of rotatable bonds is 10. The zero-order chi connectivity index (χ0) is 18.1. The lowest BCUT2D eigenvalue weighted by atomic mass is 10.2. The number of hydrogen-bond acceptors (Lipinski definition) is 8. The Labute approximate surface area is 147 Å². The van der Waals surface area contributed by atoms with E-state index in [1.807, 2.05) is 31.2 Å². The molecule has 0 bridgehead atoms. The molecule has 0 radical (unpaired) electrons. The summed E-state index contributed by atoms with van der Waals surface area (Å²) in [6.45, 7) is 3.53. The Morgan fingerprint density at radius 2 is 2.00 bits per heavy atom. The Hall–Kier alpha value is -2.30. The van der Waals surface area contributed by atoms with Crippen LogP contribution in [-0.2, 0) is 18.8 Å².